The summed E-state index contributed by atoms with van der Waals surface area (Å²) in [5, 5.41) is 8.70. The first kappa shape index (κ1) is 17.9. The molecule has 0 spiro atoms. The second-order valence-electron chi connectivity index (χ2n) is 3.42. The molecule has 0 amide bonds. The fraction of sp³-hybridized carbons (Fsp3) is 0.273. The molecule has 19 heavy (non-hydrogen) atoms. The standard InChI is InChI=1S/C11H9F3O4.Na.H/c12-11(13,14)10(17)18-8(9(15)16)6-7-4-2-1-3-5-7;;/h1-5,8H,6H2,(H,15,16);;. The molecule has 0 aliphatic heterocycles. The fourth-order valence-electron chi connectivity index (χ4n) is 1.20. The van der Waals surface area contributed by atoms with Crippen molar-refractivity contribution in [2.45, 2.75) is 18.7 Å². The summed E-state index contributed by atoms with van der Waals surface area (Å²) < 4.78 is 39.7. The number of carbonyl (C=O) groups excluding carboxylic acids is 1. The van der Waals surface area contributed by atoms with Gasteiger partial charge in [0.15, 0.2) is 0 Å². The molecule has 0 heterocycles. The zero-order chi connectivity index (χ0) is 13.8. The number of benzene rings is 1. The van der Waals surface area contributed by atoms with Crippen LogP contribution >= 0.6 is 0 Å². The molecule has 1 aromatic rings. The van der Waals surface area contributed by atoms with Gasteiger partial charge in [0.05, 0.1) is 0 Å². The molecule has 4 nitrogen and oxygen atoms in total. The van der Waals surface area contributed by atoms with Gasteiger partial charge in [0, 0.05) is 6.42 Å². The monoisotopic (exact) mass is 286 g/mol. The van der Waals surface area contributed by atoms with Gasteiger partial charge in [-0.3, -0.25) is 0 Å². The van der Waals surface area contributed by atoms with Crippen LogP contribution in [-0.2, 0) is 20.7 Å². The normalized spacial score (nSPS) is 12.2. The number of ether oxygens (including phenoxy) is 1. The van der Waals surface area contributed by atoms with Gasteiger partial charge in [-0.2, -0.15) is 13.2 Å². The van der Waals surface area contributed by atoms with E-state index in [9.17, 15) is 22.8 Å². The van der Waals surface area contributed by atoms with Gasteiger partial charge in [-0.25, -0.2) is 9.59 Å². The number of halogens is 3. The van der Waals surface area contributed by atoms with Crippen LogP contribution < -0.4 is 0 Å². The number of esters is 1. The van der Waals surface area contributed by atoms with Gasteiger partial charge < -0.3 is 9.84 Å². The Balaban J connectivity index is 0.00000324. The molecule has 8 heteroatoms. The van der Waals surface area contributed by atoms with Gasteiger partial charge in [0.2, 0.25) is 6.10 Å². The number of alkyl halides is 3. The summed E-state index contributed by atoms with van der Waals surface area (Å²) in [6, 6.07) is 7.91. The molecule has 0 aliphatic rings. The van der Waals surface area contributed by atoms with Crippen LogP contribution in [0, 0.1) is 0 Å². The molecule has 100 valence electrons. The first-order valence-corrected chi connectivity index (χ1v) is 4.85. The minimum atomic E-state index is -5.20. The zero-order valence-corrected chi connectivity index (χ0v) is 8.98. The molecule has 0 aromatic heterocycles. The third-order valence-corrected chi connectivity index (χ3v) is 2.02. The quantitative estimate of drug-likeness (QED) is 0.666. The molecule has 1 aromatic carbocycles. The third kappa shape index (κ3) is 6.09. The maximum atomic E-state index is 11.9. The summed E-state index contributed by atoms with van der Waals surface area (Å²) in [5.74, 6) is -4.14. The maximum absolute atomic E-state index is 11.9. The number of hydrogen-bond donors (Lipinski definition) is 1. The van der Waals surface area contributed by atoms with Crippen molar-refractivity contribution in [1.82, 2.24) is 0 Å². The second kappa shape index (κ2) is 7.52. The van der Waals surface area contributed by atoms with E-state index in [0.29, 0.717) is 5.56 Å². The van der Waals surface area contributed by atoms with Crippen molar-refractivity contribution in [3.8, 4) is 0 Å². The summed E-state index contributed by atoms with van der Waals surface area (Å²) in [5.41, 5.74) is 0.458. The SMILES string of the molecule is O=C(O)C(Cc1ccccc1)OC(=O)C(F)(F)F.[NaH]. The van der Waals surface area contributed by atoms with E-state index in [1.807, 2.05) is 0 Å². The number of hydrogen-bond acceptors (Lipinski definition) is 3. The van der Waals surface area contributed by atoms with Crippen molar-refractivity contribution in [2.75, 3.05) is 0 Å². The van der Waals surface area contributed by atoms with Crippen molar-refractivity contribution in [2.24, 2.45) is 0 Å². The molecule has 1 atom stereocenters. The Hall–Kier alpha value is -1.05. The van der Waals surface area contributed by atoms with Crippen LogP contribution in [0.15, 0.2) is 30.3 Å². The van der Waals surface area contributed by atoms with Gasteiger partial charge >= 0.3 is 47.7 Å². The van der Waals surface area contributed by atoms with E-state index in [0.717, 1.165) is 0 Å². The predicted octanol–water partition coefficient (Wildman–Crippen LogP) is 1.14. The van der Waals surface area contributed by atoms with E-state index < -0.39 is 24.2 Å². The van der Waals surface area contributed by atoms with E-state index in [4.69, 9.17) is 5.11 Å². The average molecular weight is 286 g/mol. The summed E-state index contributed by atoms with van der Waals surface area (Å²) in [6.45, 7) is 0. The number of carbonyl (C=O) groups is 2. The molecule has 1 N–H and O–H groups in total. The molecule has 1 rings (SSSR count). The van der Waals surface area contributed by atoms with Gasteiger partial charge in [-0.1, -0.05) is 30.3 Å². The van der Waals surface area contributed by atoms with Gasteiger partial charge in [0.1, 0.15) is 0 Å². The Morgan fingerprint density at radius 2 is 1.74 bits per heavy atom. The Morgan fingerprint density at radius 1 is 1.21 bits per heavy atom. The van der Waals surface area contributed by atoms with Crippen LogP contribution in [-0.4, -0.2) is 58.9 Å². The first-order chi connectivity index (χ1) is 8.30. The van der Waals surface area contributed by atoms with Crippen LogP contribution in [0.4, 0.5) is 13.2 Å². The number of aliphatic carboxylic acids is 1. The zero-order valence-electron chi connectivity index (χ0n) is 8.98. The molecule has 0 saturated carbocycles. The van der Waals surface area contributed by atoms with E-state index in [1.165, 1.54) is 12.1 Å². The second-order valence-corrected chi connectivity index (χ2v) is 3.42. The summed E-state index contributed by atoms with van der Waals surface area (Å²) >= 11 is 0. The Morgan fingerprint density at radius 3 is 2.16 bits per heavy atom. The van der Waals surface area contributed by atoms with Crippen molar-refractivity contribution in [1.29, 1.82) is 0 Å². The van der Waals surface area contributed by atoms with Crippen molar-refractivity contribution >= 4 is 41.5 Å². The molecule has 1 unspecified atom stereocenters. The average Bonchev–Trinajstić information content (AvgIpc) is 2.28. The van der Waals surface area contributed by atoms with Gasteiger partial charge in [-0.15, -0.1) is 0 Å². The molecule has 0 aliphatic carbocycles. The Bertz CT molecular complexity index is 433. The number of carboxylic acids is 1. The van der Waals surface area contributed by atoms with Crippen molar-refractivity contribution in [3.63, 3.8) is 0 Å². The third-order valence-electron chi connectivity index (χ3n) is 2.02. The van der Waals surface area contributed by atoms with Crippen LogP contribution in [0.2, 0.25) is 0 Å². The predicted molar refractivity (Wildman–Crippen MR) is 60.9 cm³/mol. The van der Waals surface area contributed by atoms with Gasteiger partial charge in [0.25, 0.3) is 0 Å². The van der Waals surface area contributed by atoms with Crippen molar-refractivity contribution < 1.29 is 32.6 Å². The Labute approximate surface area is 128 Å². The fourth-order valence-corrected chi connectivity index (χ4v) is 1.20. The minimum absolute atomic E-state index is 0. The number of rotatable bonds is 4. The molecule has 0 saturated heterocycles. The first-order valence-electron chi connectivity index (χ1n) is 4.85. The molecule has 0 fully saturated rings. The van der Waals surface area contributed by atoms with Crippen LogP contribution in [0.1, 0.15) is 5.56 Å². The Kier molecular flexibility index (Phi) is 7.10. The summed E-state index contributed by atoms with van der Waals surface area (Å²) in [6.07, 6.45) is -7.39. The van der Waals surface area contributed by atoms with E-state index in [1.54, 1.807) is 18.2 Å². The topological polar surface area (TPSA) is 63.6 Å². The van der Waals surface area contributed by atoms with Crippen LogP contribution in [0.5, 0.6) is 0 Å². The van der Waals surface area contributed by atoms with Crippen LogP contribution in [0.25, 0.3) is 0 Å². The summed E-state index contributed by atoms with van der Waals surface area (Å²) in [7, 11) is 0. The van der Waals surface area contributed by atoms with E-state index >= 15 is 0 Å². The van der Waals surface area contributed by atoms with Crippen molar-refractivity contribution in [3.05, 3.63) is 35.9 Å². The molecule has 0 bridgehead atoms. The molecular weight excluding hydrogens is 276 g/mol. The van der Waals surface area contributed by atoms with Gasteiger partial charge in [-0.05, 0) is 5.56 Å². The number of carboxylic acid groups (broad SMARTS) is 1. The summed E-state index contributed by atoms with van der Waals surface area (Å²) in [4.78, 5) is 21.3. The van der Waals surface area contributed by atoms with Crippen LogP contribution in [0.3, 0.4) is 0 Å². The molecular formula is C11H10F3NaO4. The van der Waals surface area contributed by atoms with E-state index in [-0.39, 0.29) is 36.0 Å². The van der Waals surface area contributed by atoms with E-state index in [2.05, 4.69) is 4.74 Å². The molecule has 0 radical (unpaired) electrons.